The first-order valence-corrected chi connectivity index (χ1v) is 10.9. The monoisotopic (exact) mass is 301 g/mol. The predicted molar refractivity (Wildman–Crippen MR) is 93.8 cm³/mol. The first-order chi connectivity index (χ1) is 9.86. The zero-order valence-electron chi connectivity index (χ0n) is 14.0. The molecule has 0 aromatic rings. The molecule has 1 saturated heterocycles. The van der Waals surface area contributed by atoms with E-state index in [1.807, 2.05) is 0 Å². The van der Waals surface area contributed by atoms with Gasteiger partial charge in [0, 0.05) is 6.61 Å². The Hall–Kier alpha value is 0.310. The molecule has 0 amide bonds. The molecule has 0 saturated carbocycles. The Morgan fingerprint density at radius 3 is 2.00 bits per heavy atom. The average molecular weight is 302 g/mol. The molecule has 0 radical (unpaired) electrons. The van der Waals surface area contributed by atoms with Crippen molar-refractivity contribution in [3.63, 3.8) is 0 Å². The maximum absolute atomic E-state index is 5.66. The van der Waals surface area contributed by atoms with Crippen LogP contribution in [-0.4, -0.2) is 30.0 Å². The number of hydrogen-bond acceptors (Lipinski definition) is 1. The maximum atomic E-state index is 5.66. The van der Waals surface area contributed by atoms with Gasteiger partial charge in [-0.15, -0.1) is 0 Å². The number of rotatable bonds is 13. The molecular weight excluding hydrogens is 264 g/mol. The van der Waals surface area contributed by atoms with Crippen LogP contribution in [-0.2, 0) is 15.6 Å². The molecule has 0 spiro atoms. The van der Waals surface area contributed by atoms with Gasteiger partial charge >= 0.3 is 0 Å². The van der Waals surface area contributed by atoms with Gasteiger partial charge in [0.2, 0.25) is 0 Å². The molecule has 0 aliphatic carbocycles. The third kappa shape index (κ3) is 9.28. The van der Waals surface area contributed by atoms with Gasteiger partial charge in [-0.25, -0.2) is 0 Å². The van der Waals surface area contributed by atoms with Gasteiger partial charge in [0.25, 0.3) is 0 Å². The second-order valence-corrected chi connectivity index (χ2v) is 8.93. The van der Waals surface area contributed by atoms with Crippen LogP contribution in [0.3, 0.4) is 0 Å². The molecule has 20 heavy (non-hydrogen) atoms. The molecule has 2 heteroatoms. The van der Waals surface area contributed by atoms with Gasteiger partial charge in [-0.05, 0) is 56.8 Å². The standard InChI is InChI=1S/C18H37OS/c1-3-20(4-2)17-12-10-8-6-5-7-9-11-14-18-15-13-16-19-18/h18H,3-17H2,1-2H3/q+1. The fourth-order valence-electron chi connectivity index (χ4n) is 3.10. The van der Waals surface area contributed by atoms with Gasteiger partial charge in [-0.1, -0.05) is 38.5 Å². The summed E-state index contributed by atoms with van der Waals surface area (Å²) in [6.07, 6.45) is 16.1. The van der Waals surface area contributed by atoms with Gasteiger partial charge in [0.05, 0.1) is 6.10 Å². The summed E-state index contributed by atoms with van der Waals surface area (Å²) in [6, 6.07) is 0. The molecule has 0 N–H and O–H groups in total. The molecule has 0 aromatic carbocycles. The molecule has 1 nitrogen and oxygen atoms in total. The topological polar surface area (TPSA) is 9.23 Å². The summed E-state index contributed by atoms with van der Waals surface area (Å²) in [7, 11) is 0.737. The van der Waals surface area contributed by atoms with Crippen LogP contribution in [0.5, 0.6) is 0 Å². The molecule has 0 bridgehead atoms. The number of unbranched alkanes of at least 4 members (excludes halogenated alkanes) is 7. The Kier molecular flexibility index (Phi) is 11.9. The van der Waals surface area contributed by atoms with Crippen LogP contribution in [0, 0.1) is 0 Å². The van der Waals surface area contributed by atoms with Gasteiger partial charge in [-0.3, -0.25) is 0 Å². The van der Waals surface area contributed by atoms with Crippen molar-refractivity contribution in [1.29, 1.82) is 0 Å². The molecule has 1 atom stereocenters. The summed E-state index contributed by atoms with van der Waals surface area (Å²) in [5.74, 6) is 4.30. The predicted octanol–water partition coefficient (Wildman–Crippen LogP) is 5.33. The Morgan fingerprint density at radius 2 is 1.45 bits per heavy atom. The molecular formula is C18H37OS+. The molecule has 1 heterocycles. The zero-order chi connectivity index (χ0) is 14.5. The highest BCUT2D eigenvalue weighted by Gasteiger charge is 2.14. The van der Waals surface area contributed by atoms with E-state index in [4.69, 9.17) is 4.74 Å². The van der Waals surface area contributed by atoms with Crippen molar-refractivity contribution in [3.05, 3.63) is 0 Å². The van der Waals surface area contributed by atoms with E-state index in [1.165, 1.54) is 87.9 Å². The Morgan fingerprint density at radius 1 is 0.850 bits per heavy atom. The first-order valence-electron chi connectivity index (χ1n) is 9.12. The lowest BCUT2D eigenvalue weighted by atomic mass is 10.0. The largest absolute Gasteiger partial charge is 0.378 e. The third-order valence-corrected chi connectivity index (χ3v) is 7.05. The molecule has 120 valence electrons. The lowest BCUT2D eigenvalue weighted by Gasteiger charge is -2.08. The highest BCUT2D eigenvalue weighted by molar-refractivity contribution is 7.96. The van der Waals surface area contributed by atoms with E-state index in [9.17, 15) is 0 Å². The maximum Gasteiger partial charge on any atom is 0.108 e. The molecule has 1 aliphatic heterocycles. The van der Waals surface area contributed by atoms with Crippen molar-refractivity contribution in [2.45, 2.75) is 90.6 Å². The molecule has 1 fully saturated rings. The smallest absolute Gasteiger partial charge is 0.108 e. The quantitative estimate of drug-likeness (QED) is 0.330. The highest BCUT2D eigenvalue weighted by atomic mass is 32.2. The SMILES string of the molecule is CC[S+](CC)CCCCCCCCCCC1CCCO1. The molecule has 0 aromatic heterocycles. The van der Waals surface area contributed by atoms with E-state index < -0.39 is 0 Å². The number of ether oxygens (including phenoxy) is 1. The Balaban J connectivity index is 1.74. The van der Waals surface area contributed by atoms with Crippen molar-refractivity contribution in [3.8, 4) is 0 Å². The lowest BCUT2D eigenvalue weighted by molar-refractivity contribution is 0.102. The van der Waals surface area contributed by atoms with Crippen LogP contribution in [0.1, 0.15) is 84.5 Å². The van der Waals surface area contributed by atoms with Crippen LogP contribution in [0.2, 0.25) is 0 Å². The van der Waals surface area contributed by atoms with Crippen molar-refractivity contribution >= 4 is 10.9 Å². The number of hydrogen-bond donors (Lipinski definition) is 0. The summed E-state index contributed by atoms with van der Waals surface area (Å²) in [5, 5.41) is 0. The average Bonchev–Trinajstić information content (AvgIpc) is 2.98. The van der Waals surface area contributed by atoms with Crippen LogP contribution in [0.15, 0.2) is 0 Å². The minimum Gasteiger partial charge on any atom is -0.378 e. The van der Waals surface area contributed by atoms with E-state index in [0.29, 0.717) is 6.10 Å². The van der Waals surface area contributed by atoms with Crippen LogP contribution in [0.25, 0.3) is 0 Å². The lowest BCUT2D eigenvalue weighted by Crippen LogP contribution is -2.12. The molecule has 1 rings (SSSR count). The van der Waals surface area contributed by atoms with Gasteiger partial charge in [-0.2, -0.15) is 0 Å². The normalized spacial score (nSPS) is 19.1. The second-order valence-electron chi connectivity index (χ2n) is 6.15. The summed E-state index contributed by atoms with van der Waals surface area (Å²) < 4.78 is 5.66. The van der Waals surface area contributed by atoms with Crippen LogP contribution >= 0.6 is 0 Å². The summed E-state index contributed by atoms with van der Waals surface area (Å²) in [4.78, 5) is 0. The van der Waals surface area contributed by atoms with Crippen LogP contribution < -0.4 is 0 Å². The van der Waals surface area contributed by atoms with E-state index in [1.54, 1.807) is 0 Å². The minimum atomic E-state index is 0.612. The summed E-state index contributed by atoms with van der Waals surface area (Å²) >= 11 is 0. The van der Waals surface area contributed by atoms with Gasteiger partial charge in [0.15, 0.2) is 0 Å². The minimum absolute atomic E-state index is 0.612. The van der Waals surface area contributed by atoms with Gasteiger partial charge in [0.1, 0.15) is 17.3 Å². The van der Waals surface area contributed by atoms with Crippen LogP contribution in [0.4, 0.5) is 0 Å². The van der Waals surface area contributed by atoms with E-state index in [-0.39, 0.29) is 0 Å². The highest BCUT2D eigenvalue weighted by Crippen LogP contribution is 2.19. The van der Waals surface area contributed by atoms with E-state index in [0.717, 1.165) is 17.5 Å². The van der Waals surface area contributed by atoms with Crippen molar-refractivity contribution in [2.75, 3.05) is 23.9 Å². The van der Waals surface area contributed by atoms with Crippen molar-refractivity contribution in [1.82, 2.24) is 0 Å². The van der Waals surface area contributed by atoms with Crippen molar-refractivity contribution in [2.24, 2.45) is 0 Å². The van der Waals surface area contributed by atoms with Gasteiger partial charge < -0.3 is 4.74 Å². The summed E-state index contributed by atoms with van der Waals surface area (Å²) in [5.41, 5.74) is 0. The molecule has 1 aliphatic rings. The van der Waals surface area contributed by atoms with E-state index in [2.05, 4.69) is 13.8 Å². The fourth-order valence-corrected chi connectivity index (χ4v) is 4.70. The third-order valence-electron chi connectivity index (χ3n) is 4.55. The van der Waals surface area contributed by atoms with Crippen molar-refractivity contribution < 1.29 is 4.74 Å². The summed E-state index contributed by atoms with van der Waals surface area (Å²) in [6.45, 7) is 5.72. The first kappa shape index (κ1) is 18.4. The Bertz CT molecular complexity index is 188. The second kappa shape index (κ2) is 13.0. The van der Waals surface area contributed by atoms with E-state index >= 15 is 0 Å². The molecule has 1 unspecified atom stereocenters. The fraction of sp³-hybridized carbons (Fsp3) is 1.00. The Labute approximate surface area is 130 Å². The zero-order valence-corrected chi connectivity index (χ0v) is 14.8.